The van der Waals surface area contributed by atoms with Crippen LogP contribution in [-0.2, 0) is 6.42 Å². The van der Waals surface area contributed by atoms with Crippen LogP contribution in [0.3, 0.4) is 0 Å². The highest BCUT2D eigenvalue weighted by Gasteiger charge is 2.15. The summed E-state index contributed by atoms with van der Waals surface area (Å²) in [7, 11) is 0. The number of rotatable bonds is 5. The zero-order valence-electron chi connectivity index (χ0n) is 9.73. The fourth-order valence-electron chi connectivity index (χ4n) is 2.39. The molecule has 88 valence electrons. The Hall–Kier alpha value is -0.860. The predicted molar refractivity (Wildman–Crippen MR) is 66.4 cm³/mol. The summed E-state index contributed by atoms with van der Waals surface area (Å²) < 4.78 is 0. The van der Waals surface area contributed by atoms with Crippen LogP contribution in [0.15, 0.2) is 30.3 Å². The molecule has 0 spiro atoms. The first-order chi connectivity index (χ1) is 7.84. The second-order valence-corrected chi connectivity index (χ2v) is 4.73. The highest BCUT2D eigenvalue weighted by atomic mass is 16.3. The van der Waals surface area contributed by atoms with E-state index in [1.54, 1.807) is 0 Å². The molecule has 1 aliphatic rings. The van der Waals surface area contributed by atoms with Crippen LogP contribution in [0.25, 0.3) is 0 Å². The van der Waals surface area contributed by atoms with Crippen molar-refractivity contribution in [2.75, 3.05) is 6.54 Å². The van der Waals surface area contributed by atoms with E-state index in [-0.39, 0.29) is 6.10 Å². The molecular weight excluding hydrogens is 198 g/mol. The van der Waals surface area contributed by atoms with Gasteiger partial charge in [-0.15, -0.1) is 0 Å². The fraction of sp³-hybridized carbons (Fsp3) is 0.571. The Morgan fingerprint density at radius 3 is 2.56 bits per heavy atom. The van der Waals surface area contributed by atoms with E-state index >= 15 is 0 Å². The van der Waals surface area contributed by atoms with Gasteiger partial charge in [0.2, 0.25) is 0 Å². The topological polar surface area (TPSA) is 32.3 Å². The lowest BCUT2D eigenvalue weighted by Crippen LogP contribution is -2.34. The number of hydrogen-bond donors (Lipinski definition) is 2. The van der Waals surface area contributed by atoms with Crippen molar-refractivity contribution in [2.45, 2.75) is 44.2 Å². The average Bonchev–Trinajstić information content (AvgIpc) is 2.81. The standard InChI is InChI=1S/C14H21NO/c16-14(10-12-6-2-1-3-7-12)11-15-13-8-4-5-9-13/h1-3,6-7,13-16H,4-5,8-11H2/t14-/m0/s1. The van der Waals surface area contributed by atoms with Gasteiger partial charge in [-0.3, -0.25) is 0 Å². The lowest BCUT2D eigenvalue weighted by Gasteiger charge is -2.16. The predicted octanol–water partition coefficient (Wildman–Crippen LogP) is 2.12. The monoisotopic (exact) mass is 219 g/mol. The molecule has 1 fully saturated rings. The molecule has 1 saturated carbocycles. The molecule has 2 N–H and O–H groups in total. The number of benzene rings is 1. The van der Waals surface area contributed by atoms with Crippen LogP contribution in [0.1, 0.15) is 31.2 Å². The summed E-state index contributed by atoms with van der Waals surface area (Å²) in [6.45, 7) is 0.722. The van der Waals surface area contributed by atoms with Gasteiger partial charge in [0, 0.05) is 12.6 Å². The van der Waals surface area contributed by atoms with Crippen molar-refractivity contribution >= 4 is 0 Å². The van der Waals surface area contributed by atoms with Crippen LogP contribution < -0.4 is 5.32 Å². The van der Waals surface area contributed by atoms with Crippen molar-refractivity contribution in [3.63, 3.8) is 0 Å². The number of aliphatic hydroxyl groups is 1. The quantitative estimate of drug-likeness (QED) is 0.795. The minimum absolute atomic E-state index is 0.261. The third-order valence-corrected chi connectivity index (χ3v) is 3.31. The molecule has 2 heteroatoms. The van der Waals surface area contributed by atoms with Gasteiger partial charge in [0.05, 0.1) is 6.10 Å². The lowest BCUT2D eigenvalue weighted by atomic mass is 10.1. The molecule has 0 heterocycles. The maximum absolute atomic E-state index is 9.90. The van der Waals surface area contributed by atoms with E-state index in [4.69, 9.17) is 0 Å². The smallest absolute Gasteiger partial charge is 0.0704 e. The fourth-order valence-corrected chi connectivity index (χ4v) is 2.39. The molecule has 0 radical (unpaired) electrons. The van der Waals surface area contributed by atoms with Crippen molar-refractivity contribution in [3.8, 4) is 0 Å². The summed E-state index contributed by atoms with van der Waals surface area (Å²) in [5, 5.41) is 13.4. The molecule has 1 aromatic carbocycles. The summed E-state index contributed by atoms with van der Waals surface area (Å²) in [5.41, 5.74) is 1.21. The molecule has 2 nitrogen and oxygen atoms in total. The highest BCUT2D eigenvalue weighted by Crippen LogP contribution is 2.17. The Labute approximate surface area is 97.7 Å². The molecule has 1 aromatic rings. The molecule has 2 rings (SSSR count). The summed E-state index contributed by atoms with van der Waals surface area (Å²) in [5.74, 6) is 0. The van der Waals surface area contributed by atoms with E-state index < -0.39 is 0 Å². The molecule has 16 heavy (non-hydrogen) atoms. The van der Waals surface area contributed by atoms with Crippen LogP contribution in [0.2, 0.25) is 0 Å². The average molecular weight is 219 g/mol. The number of hydrogen-bond acceptors (Lipinski definition) is 2. The summed E-state index contributed by atoms with van der Waals surface area (Å²) in [4.78, 5) is 0. The lowest BCUT2D eigenvalue weighted by molar-refractivity contribution is 0.167. The third kappa shape index (κ3) is 3.62. The largest absolute Gasteiger partial charge is 0.391 e. The van der Waals surface area contributed by atoms with Crippen molar-refractivity contribution in [1.29, 1.82) is 0 Å². The van der Waals surface area contributed by atoms with Gasteiger partial charge in [0.1, 0.15) is 0 Å². The summed E-state index contributed by atoms with van der Waals surface area (Å²) >= 11 is 0. The highest BCUT2D eigenvalue weighted by molar-refractivity contribution is 5.15. The van der Waals surface area contributed by atoms with Gasteiger partial charge in [-0.1, -0.05) is 43.2 Å². The SMILES string of the molecule is O[C@H](CNC1CCCC1)Cc1ccccc1. The molecular formula is C14H21NO. The maximum Gasteiger partial charge on any atom is 0.0704 e. The second-order valence-electron chi connectivity index (χ2n) is 4.73. The van der Waals surface area contributed by atoms with Crippen molar-refractivity contribution < 1.29 is 5.11 Å². The van der Waals surface area contributed by atoms with Crippen LogP contribution in [0.4, 0.5) is 0 Å². The van der Waals surface area contributed by atoms with Gasteiger partial charge in [0.15, 0.2) is 0 Å². The first kappa shape index (κ1) is 11.6. The van der Waals surface area contributed by atoms with E-state index in [9.17, 15) is 5.11 Å². The maximum atomic E-state index is 9.90. The number of nitrogens with one attached hydrogen (secondary N) is 1. The Kier molecular flexibility index (Phi) is 4.37. The molecule has 0 aliphatic heterocycles. The molecule has 0 amide bonds. The van der Waals surface area contributed by atoms with Gasteiger partial charge in [0.25, 0.3) is 0 Å². The second kappa shape index (κ2) is 6.02. The first-order valence-electron chi connectivity index (χ1n) is 6.30. The normalized spacial score (nSPS) is 18.8. The van der Waals surface area contributed by atoms with Crippen LogP contribution >= 0.6 is 0 Å². The first-order valence-corrected chi connectivity index (χ1v) is 6.30. The van der Waals surface area contributed by atoms with Crippen molar-refractivity contribution in [1.82, 2.24) is 5.32 Å². The molecule has 0 bridgehead atoms. The molecule has 1 aliphatic carbocycles. The van der Waals surface area contributed by atoms with Gasteiger partial charge in [-0.2, -0.15) is 0 Å². The van der Waals surface area contributed by atoms with Crippen LogP contribution in [-0.4, -0.2) is 23.8 Å². The zero-order valence-corrected chi connectivity index (χ0v) is 9.73. The Morgan fingerprint density at radius 1 is 1.19 bits per heavy atom. The van der Waals surface area contributed by atoms with E-state index in [2.05, 4.69) is 17.4 Å². The van der Waals surface area contributed by atoms with E-state index in [0.717, 1.165) is 13.0 Å². The zero-order chi connectivity index (χ0) is 11.2. The third-order valence-electron chi connectivity index (χ3n) is 3.31. The van der Waals surface area contributed by atoms with Gasteiger partial charge in [-0.05, 0) is 24.8 Å². The molecule has 1 atom stereocenters. The molecule has 0 aromatic heterocycles. The summed E-state index contributed by atoms with van der Waals surface area (Å²) in [6, 6.07) is 10.8. The number of aliphatic hydroxyl groups excluding tert-OH is 1. The van der Waals surface area contributed by atoms with E-state index in [1.165, 1.54) is 31.2 Å². The summed E-state index contributed by atoms with van der Waals surface area (Å²) in [6.07, 6.45) is 5.72. The van der Waals surface area contributed by atoms with E-state index in [1.807, 2.05) is 18.2 Å². The molecule has 0 saturated heterocycles. The van der Waals surface area contributed by atoms with Gasteiger partial charge < -0.3 is 10.4 Å². The van der Waals surface area contributed by atoms with Crippen LogP contribution in [0.5, 0.6) is 0 Å². The van der Waals surface area contributed by atoms with Gasteiger partial charge >= 0.3 is 0 Å². The minimum atomic E-state index is -0.261. The Bertz CT molecular complexity index is 293. The van der Waals surface area contributed by atoms with Gasteiger partial charge in [-0.25, -0.2) is 0 Å². The molecule has 0 unspecified atom stereocenters. The minimum Gasteiger partial charge on any atom is -0.391 e. The Balaban J connectivity index is 1.69. The van der Waals surface area contributed by atoms with Crippen LogP contribution in [0, 0.1) is 0 Å². The van der Waals surface area contributed by atoms with E-state index in [0.29, 0.717) is 6.04 Å². The van der Waals surface area contributed by atoms with Crippen molar-refractivity contribution in [2.24, 2.45) is 0 Å². The van der Waals surface area contributed by atoms with Crippen molar-refractivity contribution in [3.05, 3.63) is 35.9 Å². The Morgan fingerprint density at radius 2 is 1.88 bits per heavy atom.